The van der Waals surface area contributed by atoms with Gasteiger partial charge in [0.25, 0.3) is 5.91 Å². The van der Waals surface area contributed by atoms with E-state index in [1.165, 1.54) is 12.4 Å². The van der Waals surface area contributed by atoms with Gasteiger partial charge in [-0.2, -0.15) is 5.10 Å². The molecule has 0 aliphatic rings. The van der Waals surface area contributed by atoms with E-state index in [-0.39, 0.29) is 5.69 Å². The second-order valence-electron chi connectivity index (χ2n) is 5.35. The zero-order chi connectivity index (χ0) is 19.1. The van der Waals surface area contributed by atoms with Crippen LogP contribution >= 0.6 is 22.6 Å². The van der Waals surface area contributed by atoms with Crippen molar-refractivity contribution in [3.8, 4) is 5.75 Å². The lowest BCUT2D eigenvalue weighted by atomic mass is 10.2. The van der Waals surface area contributed by atoms with Crippen molar-refractivity contribution in [2.75, 3.05) is 0 Å². The Balaban J connectivity index is 1.58. The fraction of sp³-hybridized carbons (Fsp3) is 0. The zero-order valence-corrected chi connectivity index (χ0v) is 16.2. The Labute approximate surface area is 169 Å². The minimum Gasteiger partial charge on any atom is -0.423 e. The van der Waals surface area contributed by atoms with Crippen molar-refractivity contribution in [3.63, 3.8) is 0 Å². The van der Waals surface area contributed by atoms with Crippen LogP contribution in [-0.4, -0.2) is 23.1 Å². The number of rotatable bonds is 5. The van der Waals surface area contributed by atoms with E-state index in [4.69, 9.17) is 4.74 Å². The number of hydrogen-bond donors (Lipinski definition) is 1. The molecule has 0 radical (unpaired) electrons. The second kappa shape index (κ2) is 9.04. The van der Waals surface area contributed by atoms with E-state index in [0.717, 1.165) is 9.13 Å². The molecule has 0 atom stereocenters. The third-order valence-corrected chi connectivity index (χ3v) is 4.40. The monoisotopic (exact) mass is 471 g/mol. The molecule has 0 saturated carbocycles. The van der Waals surface area contributed by atoms with Gasteiger partial charge in [-0.1, -0.05) is 18.2 Å². The molecule has 0 bridgehead atoms. The van der Waals surface area contributed by atoms with Gasteiger partial charge in [0.05, 0.1) is 11.8 Å². The van der Waals surface area contributed by atoms with Crippen molar-refractivity contribution < 1.29 is 14.3 Å². The highest BCUT2D eigenvalue weighted by molar-refractivity contribution is 14.1. The predicted molar refractivity (Wildman–Crippen MR) is 110 cm³/mol. The van der Waals surface area contributed by atoms with Crippen molar-refractivity contribution in [1.82, 2.24) is 10.4 Å². The van der Waals surface area contributed by atoms with E-state index in [1.807, 2.05) is 12.1 Å². The first-order chi connectivity index (χ1) is 13.1. The van der Waals surface area contributed by atoms with Gasteiger partial charge in [0.1, 0.15) is 11.4 Å². The number of nitrogens with zero attached hydrogens (tertiary/aromatic N) is 2. The first-order valence-electron chi connectivity index (χ1n) is 7.95. The number of esters is 1. The number of carbonyl (C=O) groups excluding carboxylic acids is 2. The molecule has 1 heterocycles. The number of halogens is 1. The smallest absolute Gasteiger partial charge is 0.344 e. The fourth-order valence-electron chi connectivity index (χ4n) is 2.13. The van der Waals surface area contributed by atoms with Crippen LogP contribution in [0.25, 0.3) is 0 Å². The number of aromatic nitrogens is 1. The summed E-state index contributed by atoms with van der Waals surface area (Å²) in [5.74, 6) is -0.381. The molecule has 1 N–H and O–H groups in total. The van der Waals surface area contributed by atoms with Crippen molar-refractivity contribution in [2.45, 2.75) is 0 Å². The van der Waals surface area contributed by atoms with E-state index in [9.17, 15) is 9.59 Å². The summed E-state index contributed by atoms with van der Waals surface area (Å²) in [6.07, 6.45) is 3.03. The first kappa shape index (κ1) is 18.7. The average Bonchev–Trinajstić information content (AvgIpc) is 2.70. The molecule has 7 heteroatoms. The Kier molecular flexibility index (Phi) is 6.26. The summed E-state index contributed by atoms with van der Waals surface area (Å²) in [4.78, 5) is 28.0. The molecule has 0 aliphatic carbocycles. The molecule has 1 amide bonds. The van der Waals surface area contributed by atoms with Crippen LogP contribution in [0.15, 0.2) is 78.0 Å². The second-order valence-corrected chi connectivity index (χ2v) is 6.51. The molecule has 0 aliphatic heterocycles. The van der Waals surface area contributed by atoms with E-state index >= 15 is 0 Å². The lowest BCUT2D eigenvalue weighted by molar-refractivity contribution is 0.0733. The molecule has 134 valence electrons. The average molecular weight is 471 g/mol. The van der Waals surface area contributed by atoms with Gasteiger partial charge in [0.15, 0.2) is 0 Å². The molecule has 0 unspecified atom stereocenters. The highest BCUT2D eigenvalue weighted by Crippen LogP contribution is 2.17. The van der Waals surface area contributed by atoms with Gasteiger partial charge in [-0.3, -0.25) is 9.78 Å². The van der Waals surface area contributed by atoms with Crippen LogP contribution in [0.1, 0.15) is 26.4 Å². The number of benzene rings is 2. The number of nitrogens with one attached hydrogen (secondary N) is 1. The van der Waals surface area contributed by atoms with Crippen molar-refractivity contribution in [2.24, 2.45) is 5.10 Å². The molecule has 27 heavy (non-hydrogen) atoms. The van der Waals surface area contributed by atoms with E-state index < -0.39 is 11.9 Å². The van der Waals surface area contributed by atoms with Crippen molar-refractivity contribution in [3.05, 3.63) is 93.3 Å². The van der Waals surface area contributed by atoms with Crippen molar-refractivity contribution >= 4 is 40.7 Å². The summed E-state index contributed by atoms with van der Waals surface area (Å²) in [5.41, 5.74) is 3.94. The molecule has 2 aromatic carbocycles. The predicted octanol–water partition coefficient (Wildman–Crippen LogP) is 3.67. The molecule has 0 fully saturated rings. The van der Waals surface area contributed by atoms with Gasteiger partial charge in [-0.25, -0.2) is 10.2 Å². The highest BCUT2D eigenvalue weighted by atomic mass is 127. The number of carbonyl (C=O) groups is 2. The summed E-state index contributed by atoms with van der Waals surface area (Å²) in [6, 6.07) is 19.1. The summed E-state index contributed by atoms with van der Waals surface area (Å²) in [7, 11) is 0. The maximum absolute atomic E-state index is 12.2. The quantitative estimate of drug-likeness (QED) is 0.203. The lowest BCUT2D eigenvalue weighted by Crippen LogP contribution is -2.18. The van der Waals surface area contributed by atoms with Gasteiger partial charge in [-0.15, -0.1) is 0 Å². The molecule has 1 aromatic heterocycles. The standard InChI is InChI=1S/C20H14IN3O3/c21-17-6-2-1-5-16(17)20(26)27-15-10-8-14(9-11-15)13-23-24-19(25)18-7-3-4-12-22-18/h1-13H,(H,24,25)/b23-13+. The van der Waals surface area contributed by atoms with Gasteiger partial charge in [0, 0.05) is 9.77 Å². The Bertz CT molecular complexity index is 973. The molecule has 0 saturated heterocycles. The SMILES string of the molecule is O=C(N/N=C/c1ccc(OC(=O)c2ccccc2I)cc1)c1ccccn1. The Morgan fingerprint density at radius 1 is 1.00 bits per heavy atom. The minimum absolute atomic E-state index is 0.285. The van der Waals surface area contributed by atoms with Crippen LogP contribution in [0.4, 0.5) is 0 Å². The minimum atomic E-state index is -0.413. The Morgan fingerprint density at radius 3 is 2.44 bits per heavy atom. The lowest BCUT2D eigenvalue weighted by Gasteiger charge is -2.06. The topological polar surface area (TPSA) is 80.6 Å². The number of amides is 1. The van der Waals surface area contributed by atoms with Crippen LogP contribution in [0.5, 0.6) is 5.75 Å². The molecule has 3 rings (SSSR count). The summed E-state index contributed by atoms with van der Waals surface area (Å²) < 4.78 is 6.20. The van der Waals surface area contributed by atoms with Crippen LogP contribution < -0.4 is 10.2 Å². The Hall–Kier alpha value is -3.07. The maximum Gasteiger partial charge on any atom is 0.344 e. The first-order valence-corrected chi connectivity index (χ1v) is 9.02. The normalized spacial score (nSPS) is 10.6. The zero-order valence-electron chi connectivity index (χ0n) is 14.0. The number of ether oxygens (including phenoxy) is 1. The third-order valence-electron chi connectivity index (χ3n) is 3.46. The van der Waals surface area contributed by atoms with E-state index in [1.54, 1.807) is 54.6 Å². The van der Waals surface area contributed by atoms with Crippen LogP contribution in [0.2, 0.25) is 0 Å². The summed E-state index contributed by atoms with van der Waals surface area (Å²) in [6.45, 7) is 0. The molecular weight excluding hydrogens is 457 g/mol. The molecule has 0 spiro atoms. The highest BCUT2D eigenvalue weighted by Gasteiger charge is 2.11. The van der Waals surface area contributed by atoms with Crippen molar-refractivity contribution in [1.29, 1.82) is 0 Å². The molecular formula is C20H14IN3O3. The van der Waals surface area contributed by atoms with E-state index in [0.29, 0.717) is 11.3 Å². The van der Waals surface area contributed by atoms with Gasteiger partial charge in [0.2, 0.25) is 0 Å². The largest absolute Gasteiger partial charge is 0.423 e. The third kappa shape index (κ3) is 5.20. The van der Waals surface area contributed by atoms with Crippen LogP contribution in [0.3, 0.4) is 0 Å². The summed E-state index contributed by atoms with van der Waals surface area (Å²) >= 11 is 2.09. The maximum atomic E-state index is 12.2. The van der Waals surface area contributed by atoms with Crippen LogP contribution in [0, 0.1) is 3.57 Å². The van der Waals surface area contributed by atoms with Gasteiger partial charge >= 0.3 is 5.97 Å². The van der Waals surface area contributed by atoms with Gasteiger partial charge in [-0.05, 0) is 76.7 Å². The number of pyridine rings is 1. The number of hydrogen-bond acceptors (Lipinski definition) is 5. The molecule has 6 nitrogen and oxygen atoms in total. The fourth-order valence-corrected chi connectivity index (χ4v) is 2.74. The van der Waals surface area contributed by atoms with Gasteiger partial charge < -0.3 is 4.74 Å². The molecule has 3 aromatic rings. The number of hydrazone groups is 1. The Morgan fingerprint density at radius 2 is 1.74 bits per heavy atom. The van der Waals surface area contributed by atoms with Crippen LogP contribution in [-0.2, 0) is 0 Å². The van der Waals surface area contributed by atoms with E-state index in [2.05, 4.69) is 38.1 Å². The summed E-state index contributed by atoms with van der Waals surface area (Å²) in [5, 5.41) is 3.89.